The summed E-state index contributed by atoms with van der Waals surface area (Å²) >= 11 is 0. The second-order valence-corrected chi connectivity index (χ2v) is 6.20. The van der Waals surface area contributed by atoms with Crippen molar-refractivity contribution in [3.8, 4) is 0 Å². The molecule has 1 unspecified atom stereocenters. The van der Waals surface area contributed by atoms with Crippen molar-refractivity contribution in [2.75, 3.05) is 6.54 Å². The molecule has 1 saturated heterocycles. The van der Waals surface area contributed by atoms with Crippen molar-refractivity contribution in [1.29, 1.82) is 0 Å². The Bertz CT molecular complexity index is 551. The second kappa shape index (κ2) is 6.46. The monoisotopic (exact) mass is 306 g/mol. The van der Waals surface area contributed by atoms with Gasteiger partial charge in [0.25, 0.3) is 0 Å². The Morgan fingerprint density at radius 3 is 2.86 bits per heavy atom. The first-order valence-electron chi connectivity index (χ1n) is 8.00. The van der Waals surface area contributed by atoms with E-state index in [0.717, 1.165) is 12.8 Å². The largest absolute Gasteiger partial charge is 0.347 e. The molecule has 1 aliphatic carbocycles. The van der Waals surface area contributed by atoms with Crippen LogP contribution in [0.1, 0.15) is 63.1 Å². The molecule has 1 aliphatic heterocycles. The predicted octanol–water partition coefficient (Wildman–Crippen LogP) is 1.35. The van der Waals surface area contributed by atoms with Gasteiger partial charge in [0.1, 0.15) is 0 Å². The maximum absolute atomic E-state index is 12.3. The zero-order valence-corrected chi connectivity index (χ0v) is 12.9. The van der Waals surface area contributed by atoms with Gasteiger partial charge in [0, 0.05) is 31.8 Å². The number of carbonyl (C=O) groups is 2. The van der Waals surface area contributed by atoms with Crippen LogP contribution in [0.15, 0.2) is 4.52 Å². The summed E-state index contributed by atoms with van der Waals surface area (Å²) in [6, 6.07) is 0.386. The van der Waals surface area contributed by atoms with Gasteiger partial charge in [-0.1, -0.05) is 24.4 Å². The summed E-state index contributed by atoms with van der Waals surface area (Å²) < 4.78 is 5.14. The molecule has 7 nitrogen and oxygen atoms in total. The molecule has 0 aromatic carbocycles. The van der Waals surface area contributed by atoms with Gasteiger partial charge < -0.3 is 14.7 Å². The van der Waals surface area contributed by atoms with Crippen molar-refractivity contribution >= 4 is 11.8 Å². The van der Waals surface area contributed by atoms with Crippen molar-refractivity contribution in [1.82, 2.24) is 20.4 Å². The van der Waals surface area contributed by atoms with Crippen LogP contribution in [0.3, 0.4) is 0 Å². The lowest BCUT2D eigenvalue weighted by molar-refractivity contribution is -0.130. The van der Waals surface area contributed by atoms with Crippen LogP contribution >= 0.6 is 0 Å². The van der Waals surface area contributed by atoms with Crippen LogP contribution in [-0.2, 0) is 16.1 Å². The Balaban J connectivity index is 1.61. The molecule has 3 rings (SSSR count). The molecule has 1 N–H and O–H groups in total. The lowest BCUT2D eigenvalue weighted by Crippen LogP contribution is -2.37. The standard InChI is InChI=1S/C15H22N4O3/c1-10(20)16-8-13-17-15(18-22-13)11-7-14(21)19(9-11)12-5-3-2-4-6-12/h11-12H,2-9H2,1H3,(H,16,20). The van der Waals surface area contributed by atoms with E-state index in [1.54, 1.807) is 0 Å². The van der Waals surface area contributed by atoms with Crippen LogP contribution < -0.4 is 5.32 Å². The van der Waals surface area contributed by atoms with Gasteiger partial charge in [0.2, 0.25) is 17.7 Å². The smallest absolute Gasteiger partial charge is 0.246 e. The number of amides is 2. The van der Waals surface area contributed by atoms with Crippen molar-refractivity contribution < 1.29 is 14.1 Å². The Hall–Kier alpha value is -1.92. The Kier molecular flexibility index (Phi) is 4.40. The normalized spacial score (nSPS) is 23.0. The van der Waals surface area contributed by atoms with E-state index in [-0.39, 0.29) is 24.3 Å². The molecular formula is C15H22N4O3. The molecule has 2 fully saturated rings. The van der Waals surface area contributed by atoms with Gasteiger partial charge in [-0.05, 0) is 12.8 Å². The molecule has 1 saturated carbocycles. The third-order valence-electron chi connectivity index (χ3n) is 4.51. The molecule has 2 amide bonds. The Morgan fingerprint density at radius 2 is 2.14 bits per heavy atom. The summed E-state index contributed by atoms with van der Waals surface area (Å²) in [7, 11) is 0. The highest BCUT2D eigenvalue weighted by Gasteiger charge is 2.37. The summed E-state index contributed by atoms with van der Waals surface area (Å²) in [6.45, 7) is 2.35. The summed E-state index contributed by atoms with van der Waals surface area (Å²) in [5, 5.41) is 6.60. The predicted molar refractivity (Wildman–Crippen MR) is 77.8 cm³/mol. The summed E-state index contributed by atoms with van der Waals surface area (Å²) in [4.78, 5) is 29.5. The number of nitrogens with zero attached hydrogens (tertiary/aromatic N) is 3. The number of hydrogen-bond acceptors (Lipinski definition) is 5. The number of carbonyl (C=O) groups excluding carboxylic acids is 2. The zero-order valence-electron chi connectivity index (χ0n) is 12.9. The van der Waals surface area contributed by atoms with Crippen LogP contribution in [-0.4, -0.2) is 39.4 Å². The molecule has 2 aliphatic rings. The van der Waals surface area contributed by atoms with E-state index in [1.165, 1.54) is 26.2 Å². The molecule has 7 heteroatoms. The molecular weight excluding hydrogens is 284 g/mol. The Morgan fingerprint density at radius 1 is 1.36 bits per heavy atom. The van der Waals surface area contributed by atoms with Gasteiger partial charge in [0.15, 0.2) is 5.82 Å². The van der Waals surface area contributed by atoms with Crippen molar-refractivity contribution in [2.24, 2.45) is 0 Å². The number of nitrogens with one attached hydrogen (secondary N) is 1. The van der Waals surface area contributed by atoms with Gasteiger partial charge in [-0.15, -0.1) is 0 Å². The van der Waals surface area contributed by atoms with E-state index in [4.69, 9.17) is 4.52 Å². The lowest BCUT2D eigenvalue weighted by atomic mass is 9.94. The highest BCUT2D eigenvalue weighted by Crippen LogP contribution is 2.32. The fourth-order valence-electron chi connectivity index (χ4n) is 3.36. The minimum absolute atomic E-state index is 0.00394. The van der Waals surface area contributed by atoms with E-state index in [2.05, 4.69) is 15.5 Å². The number of aromatic nitrogens is 2. The molecule has 22 heavy (non-hydrogen) atoms. The molecule has 0 bridgehead atoms. The number of likely N-dealkylation sites (tertiary alicyclic amines) is 1. The van der Waals surface area contributed by atoms with Crippen molar-refractivity contribution in [3.63, 3.8) is 0 Å². The highest BCUT2D eigenvalue weighted by atomic mass is 16.5. The quantitative estimate of drug-likeness (QED) is 0.907. The van der Waals surface area contributed by atoms with E-state index in [9.17, 15) is 9.59 Å². The Labute approximate surface area is 129 Å². The van der Waals surface area contributed by atoms with Gasteiger partial charge in [-0.25, -0.2) is 0 Å². The van der Waals surface area contributed by atoms with Crippen LogP contribution in [0.2, 0.25) is 0 Å². The maximum Gasteiger partial charge on any atom is 0.246 e. The van der Waals surface area contributed by atoms with Gasteiger partial charge in [-0.3, -0.25) is 9.59 Å². The summed E-state index contributed by atoms with van der Waals surface area (Å²) in [6.07, 6.45) is 6.37. The molecule has 1 aromatic heterocycles. The minimum atomic E-state index is -0.140. The zero-order chi connectivity index (χ0) is 15.5. The molecule has 0 spiro atoms. The van der Waals surface area contributed by atoms with Crippen molar-refractivity contribution in [3.05, 3.63) is 11.7 Å². The fourth-order valence-corrected chi connectivity index (χ4v) is 3.36. The van der Waals surface area contributed by atoms with E-state index in [0.29, 0.717) is 30.7 Å². The van der Waals surface area contributed by atoms with Crippen molar-refractivity contribution in [2.45, 2.75) is 64.0 Å². The fraction of sp³-hybridized carbons (Fsp3) is 0.733. The third kappa shape index (κ3) is 3.28. The average Bonchev–Trinajstić information content (AvgIpc) is 3.12. The first kappa shape index (κ1) is 15.0. The van der Waals surface area contributed by atoms with Gasteiger partial charge in [-0.2, -0.15) is 4.98 Å². The highest BCUT2D eigenvalue weighted by molar-refractivity contribution is 5.79. The van der Waals surface area contributed by atoms with E-state index < -0.39 is 0 Å². The maximum atomic E-state index is 12.3. The van der Waals surface area contributed by atoms with E-state index >= 15 is 0 Å². The lowest BCUT2D eigenvalue weighted by Gasteiger charge is -2.31. The van der Waals surface area contributed by atoms with Crippen LogP contribution in [0.5, 0.6) is 0 Å². The summed E-state index contributed by atoms with van der Waals surface area (Å²) in [5.41, 5.74) is 0. The number of hydrogen-bond donors (Lipinski definition) is 1. The van der Waals surface area contributed by atoms with Gasteiger partial charge >= 0.3 is 0 Å². The molecule has 2 heterocycles. The minimum Gasteiger partial charge on any atom is -0.347 e. The molecule has 1 atom stereocenters. The molecule has 120 valence electrons. The summed E-state index contributed by atoms with van der Waals surface area (Å²) in [5.74, 6) is 1.02. The van der Waals surface area contributed by atoms with Gasteiger partial charge in [0.05, 0.1) is 6.54 Å². The van der Waals surface area contributed by atoms with E-state index in [1.807, 2.05) is 4.90 Å². The topological polar surface area (TPSA) is 88.3 Å². The first-order valence-corrected chi connectivity index (χ1v) is 8.00. The van der Waals surface area contributed by atoms with Crippen LogP contribution in [0.25, 0.3) is 0 Å². The number of rotatable bonds is 4. The molecule has 1 aromatic rings. The van der Waals surface area contributed by atoms with Crippen LogP contribution in [0, 0.1) is 0 Å². The third-order valence-corrected chi connectivity index (χ3v) is 4.51. The molecule has 0 radical (unpaired) electrons. The first-order chi connectivity index (χ1) is 10.6. The second-order valence-electron chi connectivity index (χ2n) is 6.20. The average molecular weight is 306 g/mol. The SMILES string of the molecule is CC(=O)NCc1nc(C2CC(=O)N(C3CCCCC3)C2)no1. The van der Waals surface area contributed by atoms with Crippen LogP contribution in [0.4, 0.5) is 0 Å².